The van der Waals surface area contributed by atoms with E-state index in [0.29, 0.717) is 0 Å². The van der Waals surface area contributed by atoms with Crippen molar-refractivity contribution in [2.75, 3.05) is 11.4 Å². The summed E-state index contributed by atoms with van der Waals surface area (Å²) in [6, 6.07) is 7.15. The highest BCUT2D eigenvalue weighted by Crippen LogP contribution is 2.53. The van der Waals surface area contributed by atoms with E-state index in [4.69, 9.17) is 4.74 Å². The van der Waals surface area contributed by atoms with Gasteiger partial charge in [0, 0.05) is 15.3 Å². The predicted octanol–water partition coefficient (Wildman–Crippen LogP) is 7.22. The molecule has 0 bridgehead atoms. The number of halogens is 10. The first kappa shape index (κ1) is 27.4. The molecule has 1 aromatic carbocycles. The molecule has 1 aromatic rings. The second-order valence-electron chi connectivity index (χ2n) is 7.26. The highest BCUT2D eigenvalue weighted by atomic mass is 127. The van der Waals surface area contributed by atoms with Gasteiger partial charge in [-0.25, -0.2) is 4.79 Å². The van der Waals surface area contributed by atoms with Gasteiger partial charge in [0.15, 0.2) is 0 Å². The molecule has 0 unspecified atom stereocenters. The zero-order valence-corrected chi connectivity index (χ0v) is 18.4. The Balaban J connectivity index is 3.30. The van der Waals surface area contributed by atoms with Gasteiger partial charge in [0.05, 0.1) is 6.54 Å². The maximum Gasteiger partial charge on any atom is 0.460 e. The van der Waals surface area contributed by atoms with Crippen LogP contribution in [0.25, 0.3) is 0 Å². The molecule has 0 aromatic heterocycles. The van der Waals surface area contributed by atoms with E-state index in [2.05, 4.69) is 0 Å². The van der Waals surface area contributed by atoms with Crippen molar-refractivity contribution in [2.24, 2.45) is 0 Å². The summed E-state index contributed by atoms with van der Waals surface area (Å²) >= 11 is 1.04. The molecule has 0 radical (unpaired) electrons. The number of allylic oxidation sites excluding steroid dienone is 1. The molecule has 0 saturated carbocycles. The maximum absolute atomic E-state index is 13.9. The van der Waals surface area contributed by atoms with Gasteiger partial charge in [-0.3, -0.25) is 4.90 Å². The standard InChI is InChI=1S/C18H17F9INO2/c1-14(2,3)31-13(30)29(12-7-5-4-6-8-12)10-11(28)9-15(19,20)16(21,22)17(23,24)18(25,26)27/h4-9H,10H2,1-3H3/b11-9+. The van der Waals surface area contributed by atoms with Crippen LogP contribution in [0.5, 0.6) is 0 Å². The summed E-state index contributed by atoms with van der Waals surface area (Å²) in [6.45, 7) is 3.61. The molecule has 1 amide bonds. The Hall–Kier alpha value is -1.67. The van der Waals surface area contributed by atoms with Crippen molar-refractivity contribution in [3.63, 3.8) is 0 Å². The van der Waals surface area contributed by atoms with Crippen LogP contribution < -0.4 is 4.90 Å². The molecule has 176 valence electrons. The van der Waals surface area contributed by atoms with E-state index in [-0.39, 0.29) is 5.69 Å². The third kappa shape index (κ3) is 6.42. The lowest BCUT2D eigenvalue weighted by Gasteiger charge is -2.32. The number of nitrogens with zero attached hydrogens (tertiary/aromatic N) is 1. The lowest BCUT2D eigenvalue weighted by Crippen LogP contribution is -2.60. The fourth-order valence-electron chi connectivity index (χ4n) is 2.06. The summed E-state index contributed by atoms with van der Waals surface area (Å²) in [5, 5.41) is 0. The molecule has 0 N–H and O–H groups in total. The number of ether oxygens (including phenoxy) is 1. The molecule has 1 rings (SSSR count). The summed E-state index contributed by atoms with van der Waals surface area (Å²) in [5.41, 5.74) is -0.958. The number of rotatable bonds is 6. The third-order valence-corrected chi connectivity index (χ3v) is 4.15. The largest absolute Gasteiger partial charge is 0.460 e. The zero-order chi connectivity index (χ0) is 24.5. The molecule has 0 aliphatic heterocycles. The van der Waals surface area contributed by atoms with Gasteiger partial charge in [-0.05, 0) is 55.5 Å². The topological polar surface area (TPSA) is 29.5 Å². The Morgan fingerprint density at radius 3 is 1.84 bits per heavy atom. The van der Waals surface area contributed by atoms with Gasteiger partial charge in [-0.2, -0.15) is 39.5 Å². The van der Waals surface area contributed by atoms with Crippen molar-refractivity contribution in [2.45, 2.75) is 50.3 Å². The summed E-state index contributed by atoms with van der Waals surface area (Å²) in [6.07, 6.45) is -8.73. The SMILES string of the molecule is CC(C)(C)OC(=O)N(C/C(I)=C\C(F)(F)C(F)(F)C(F)(F)C(F)(F)F)c1ccccc1. The number of carbonyl (C=O) groups is 1. The van der Waals surface area contributed by atoms with Gasteiger partial charge in [-0.15, -0.1) is 0 Å². The summed E-state index contributed by atoms with van der Waals surface area (Å²) < 4.78 is 122. The van der Waals surface area contributed by atoms with Crippen LogP contribution in [0.4, 0.5) is 50.0 Å². The maximum atomic E-state index is 13.9. The van der Waals surface area contributed by atoms with Crippen LogP contribution in [-0.2, 0) is 4.74 Å². The fourth-order valence-corrected chi connectivity index (χ4v) is 2.79. The minimum Gasteiger partial charge on any atom is -0.443 e. The van der Waals surface area contributed by atoms with Gasteiger partial charge in [0.1, 0.15) is 5.60 Å². The number of hydrogen-bond acceptors (Lipinski definition) is 2. The van der Waals surface area contributed by atoms with Crippen molar-refractivity contribution in [3.8, 4) is 0 Å². The number of carbonyl (C=O) groups excluding carboxylic acids is 1. The van der Waals surface area contributed by atoms with E-state index in [1.54, 1.807) is 6.07 Å². The molecule has 0 aliphatic carbocycles. The molecule has 0 atom stereocenters. The van der Waals surface area contributed by atoms with Crippen LogP contribution in [0.3, 0.4) is 0 Å². The van der Waals surface area contributed by atoms with E-state index in [0.717, 1.165) is 27.5 Å². The molecule has 0 saturated heterocycles. The van der Waals surface area contributed by atoms with Crippen LogP contribution in [-0.4, -0.2) is 42.2 Å². The van der Waals surface area contributed by atoms with E-state index in [9.17, 15) is 44.3 Å². The van der Waals surface area contributed by atoms with Gasteiger partial charge in [0.2, 0.25) is 0 Å². The van der Waals surface area contributed by atoms with E-state index >= 15 is 0 Å². The molecular formula is C18H17F9INO2. The first-order valence-corrected chi connectivity index (χ1v) is 9.44. The first-order valence-electron chi connectivity index (χ1n) is 8.36. The van der Waals surface area contributed by atoms with Gasteiger partial charge < -0.3 is 4.74 Å². The monoisotopic (exact) mass is 577 g/mol. The minimum absolute atomic E-state index is 0.0787. The molecule has 13 heteroatoms. The molecule has 0 aliphatic rings. The first-order chi connectivity index (χ1) is 13.7. The quantitative estimate of drug-likeness (QED) is 0.264. The predicted molar refractivity (Wildman–Crippen MR) is 103 cm³/mol. The van der Waals surface area contributed by atoms with Crippen molar-refractivity contribution in [1.29, 1.82) is 0 Å². The summed E-state index contributed by atoms with van der Waals surface area (Å²) in [7, 11) is 0. The molecule has 31 heavy (non-hydrogen) atoms. The van der Waals surface area contributed by atoms with Gasteiger partial charge in [-0.1, -0.05) is 18.2 Å². The van der Waals surface area contributed by atoms with Crippen molar-refractivity contribution < 1.29 is 49.0 Å². The minimum atomic E-state index is -7.00. The van der Waals surface area contributed by atoms with Crippen molar-refractivity contribution >= 4 is 34.4 Å². The molecule has 0 spiro atoms. The molecular weight excluding hydrogens is 560 g/mol. The normalized spacial score (nSPS) is 14.4. The number of alkyl halides is 9. The number of amides is 1. The van der Waals surface area contributed by atoms with Crippen LogP contribution >= 0.6 is 22.6 Å². The fraction of sp³-hybridized carbons (Fsp3) is 0.500. The molecule has 0 heterocycles. The van der Waals surface area contributed by atoms with E-state index in [1.807, 2.05) is 0 Å². The van der Waals surface area contributed by atoms with Crippen LogP contribution in [0.15, 0.2) is 40.0 Å². The smallest absolute Gasteiger partial charge is 0.443 e. The Kier molecular flexibility index (Phi) is 8.00. The highest BCUT2D eigenvalue weighted by molar-refractivity contribution is 14.1. The number of benzene rings is 1. The second kappa shape index (κ2) is 9.06. The van der Waals surface area contributed by atoms with Gasteiger partial charge >= 0.3 is 30.0 Å². The Bertz CT molecular complexity index is 802. The average Bonchev–Trinajstić information content (AvgIpc) is 2.57. The number of hydrogen-bond donors (Lipinski definition) is 0. The average molecular weight is 577 g/mol. The summed E-state index contributed by atoms with van der Waals surface area (Å²) in [4.78, 5) is 13.2. The lowest BCUT2D eigenvalue weighted by atomic mass is 10.0. The second-order valence-corrected chi connectivity index (χ2v) is 8.65. The van der Waals surface area contributed by atoms with E-state index < -0.39 is 51.8 Å². The third-order valence-electron chi connectivity index (χ3n) is 3.50. The van der Waals surface area contributed by atoms with Crippen molar-refractivity contribution in [3.05, 3.63) is 40.0 Å². The number of para-hydroxylation sites is 1. The Morgan fingerprint density at radius 2 is 1.42 bits per heavy atom. The van der Waals surface area contributed by atoms with Crippen LogP contribution in [0.2, 0.25) is 0 Å². The van der Waals surface area contributed by atoms with Crippen molar-refractivity contribution in [1.82, 2.24) is 0 Å². The molecule has 3 nitrogen and oxygen atoms in total. The lowest BCUT2D eigenvalue weighted by molar-refractivity contribution is -0.388. The Labute approximate surface area is 185 Å². The Morgan fingerprint density at radius 1 is 0.935 bits per heavy atom. The summed E-state index contributed by atoms with van der Waals surface area (Å²) in [5.74, 6) is -19.7. The van der Waals surface area contributed by atoms with Crippen LogP contribution in [0, 0.1) is 0 Å². The highest BCUT2D eigenvalue weighted by Gasteiger charge is 2.81. The van der Waals surface area contributed by atoms with Crippen LogP contribution in [0.1, 0.15) is 20.8 Å². The zero-order valence-electron chi connectivity index (χ0n) is 16.2. The number of anilines is 1. The molecule has 0 fully saturated rings. The van der Waals surface area contributed by atoms with E-state index in [1.165, 1.54) is 45.0 Å². The van der Waals surface area contributed by atoms with Gasteiger partial charge in [0.25, 0.3) is 0 Å².